The number of carbonyl (C=O) groups is 2. The summed E-state index contributed by atoms with van der Waals surface area (Å²) in [6, 6.07) is 23.2. The Labute approximate surface area is 200 Å². The highest BCUT2D eigenvalue weighted by molar-refractivity contribution is 5.67. The van der Waals surface area contributed by atoms with Gasteiger partial charge in [-0.15, -0.1) is 0 Å². The molecule has 0 fully saturated rings. The van der Waals surface area contributed by atoms with Crippen LogP contribution in [0.3, 0.4) is 0 Å². The van der Waals surface area contributed by atoms with Crippen molar-refractivity contribution in [3.05, 3.63) is 101 Å². The normalized spacial score (nSPS) is 10.4. The van der Waals surface area contributed by atoms with Crippen LogP contribution < -0.4 is 10.6 Å². The summed E-state index contributed by atoms with van der Waals surface area (Å²) >= 11 is 0. The first-order chi connectivity index (χ1) is 16.7. The summed E-state index contributed by atoms with van der Waals surface area (Å²) in [5, 5.41) is 5.53. The summed E-state index contributed by atoms with van der Waals surface area (Å²) in [7, 11) is 0. The predicted molar refractivity (Wildman–Crippen MR) is 130 cm³/mol. The van der Waals surface area contributed by atoms with Gasteiger partial charge in [-0.05, 0) is 48.4 Å². The first-order valence-corrected chi connectivity index (χ1v) is 11.5. The summed E-state index contributed by atoms with van der Waals surface area (Å²) in [4.78, 5) is 28.0. The number of hydrogen-bond acceptors (Lipinski definition) is 5. The lowest BCUT2D eigenvalue weighted by atomic mass is 10.1. The van der Waals surface area contributed by atoms with E-state index in [9.17, 15) is 9.59 Å². The van der Waals surface area contributed by atoms with Gasteiger partial charge in [-0.2, -0.15) is 0 Å². The number of hydrogen-bond donors (Lipinski definition) is 2. The first-order valence-electron chi connectivity index (χ1n) is 11.5. The lowest BCUT2D eigenvalue weighted by Gasteiger charge is -2.08. The molecule has 178 valence electrons. The number of amides is 2. The Morgan fingerprint density at radius 1 is 0.647 bits per heavy atom. The fourth-order valence-electron chi connectivity index (χ4n) is 3.24. The second-order valence-electron chi connectivity index (χ2n) is 7.84. The van der Waals surface area contributed by atoms with Gasteiger partial charge in [0, 0.05) is 25.0 Å². The molecule has 0 aliphatic heterocycles. The van der Waals surface area contributed by atoms with E-state index in [0.717, 1.165) is 48.1 Å². The second-order valence-corrected chi connectivity index (χ2v) is 7.84. The first kappa shape index (κ1) is 24.8. The number of carbonyl (C=O) groups excluding carboxylic acids is 2. The van der Waals surface area contributed by atoms with E-state index in [1.807, 2.05) is 72.9 Å². The van der Waals surface area contributed by atoms with E-state index in [2.05, 4.69) is 21.7 Å². The summed E-state index contributed by atoms with van der Waals surface area (Å²) in [6.45, 7) is 1.60. The van der Waals surface area contributed by atoms with Crippen molar-refractivity contribution in [1.29, 1.82) is 0 Å². The lowest BCUT2D eigenvalue weighted by Crippen LogP contribution is -2.25. The van der Waals surface area contributed by atoms with Crippen molar-refractivity contribution in [3.8, 4) is 0 Å². The minimum absolute atomic E-state index is 0.264. The lowest BCUT2D eigenvalue weighted by molar-refractivity contribution is 0.138. The van der Waals surface area contributed by atoms with Gasteiger partial charge in [0.1, 0.15) is 13.2 Å². The third-order valence-electron chi connectivity index (χ3n) is 5.10. The van der Waals surface area contributed by atoms with Crippen LogP contribution in [0.25, 0.3) is 0 Å². The molecule has 2 N–H and O–H groups in total. The molecule has 0 aliphatic rings. The predicted octanol–water partition coefficient (Wildman–Crippen LogP) is 4.80. The maximum absolute atomic E-state index is 11.8. The van der Waals surface area contributed by atoms with Gasteiger partial charge in [0.05, 0.1) is 0 Å². The standard InChI is InChI=1S/C27H31N3O4/c31-26(33-20-23-9-3-1-4-10-23)28-17-7-13-22-15-16-25(30-19-22)14-8-18-29-27(32)34-21-24-11-5-2-6-12-24/h1-6,9-12,15-16,19H,7-8,13-14,17-18,20-21H2,(H,28,31)(H,29,32). The van der Waals surface area contributed by atoms with Crippen LogP contribution in [0.5, 0.6) is 0 Å². The molecular formula is C27H31N3O4. The van der Waals surface area contributed by atoms with Crippen LogP contribution in [0.1, 0.15) is 35.2 Å². The molecule has 0 bridgehead atoms. The van der Waals surface area contributed by atoms with Crippen molar-refractivity contribution >= 4 is 12.2 Å². The SMILES string of the molecule is O=C(NCCCc1ccc(CCCNC(=O)OCc2ccccc2)nc1)OCc1ccccc1. The zero-order chi connectivity index (χ0) is 23.8. The van der Waals surface area contributed by atoms with Gasteiger partial charge in [0.25, 0.3) is 0 Å². The van der Waals surface area contributed by atoms with Crippen molar-refractivity contribution in [2.75, 3.05) is 13.1 Å². The number of ether oxygens (including phenoxy) is 2. The summed E-state index contributed by atoms with van der Waals surface area (Å²) < 4.78 is 10.4. The molecule has 0 unspecified atom stereocenters. The van der Waals surface area contributed by atoms with Crippen LogP contribution in [-0.2, 0) is 35.5 Å². The van der Waals surface area contributed by atoms with E-state index in [4.69, 9.17) is 9.47 Å². The zero-order valence-electron chi connectivity index (χ0n) is 19.2. The van der Waals surface area contributed by atoms with Crippen LogP contribution in [0, 0.1) is 0 Å². The number of pyridine rings is 1. The van der Waals surface area contributed by atoms with Gasteiger partial charge in [0.2, 0.25) is 0 Å². The summed E-state index contributed by atoms with van der Waals surface area (Å²) in [5.74, 6) is 0. The largest absolute Gasteiger partial charge is 0.445 e. The minimum atomic E-state index is -0.412. The maximum Gasteiger partial charge on any atom is 0.407 e. The van der Waals surface area contributed by atoms with Crippen LogP contribution in [0.4, 0.5) is 9.59 Å². The van der Waals surface area contributed by atoms with E-state index >= 15 is 0 Å². The fourth-order valence-corrected chi connectivity index (χ4v) is 3.24. The molecular weight excluding hydrogens is 430 g/mol. The monoisotopic (exact) mass is 461 g/mol. The Morgan fingerprint density at radius 2 is 1.18 bits per heavy atom. The Hall–Kier alpha value is -3.87. The highest BCUT2D eigenvalue weighted by atomic mass is 16.6. The zero-order valence-corrected chi connectivity index (χ0v) is 19.2. The number of nitrogens with one attached hydrogen (secondary N) is 2. The maximum atomic E-state index is 11.8. The number of nitrogens with zero attached hydrogens (tertiary/aromatic N) is 1. The second kappa shape index (κ2) is 14.3. The summed E-state index contributed by atoms with van der Waals surface area (Å²) in [5.41, 5.74) is 4.01. The molecule has 0 atom stereocenters. The summed E-state index contributed by atoms with van der Waals surface area (Å²) in [6.07, 6.45) is 4.22. The Bertz CT molecular complexity index is 913. The Kier molecular flexibility index (Phi) is 10.4. The number of rotatable bonds is 12. The molecule has 0 saturated carbocycles. The van der Waals surface area contributed by atoms with Crippen molar-refractivity contribution in [1.82, 2.24) is 15.6 Å². The molecule has 0 saturated heterocycles. The molecule has 0 radical (unpaired) electrons. The van der Waals surface area contributed by atoms with Crippen molar-refractivity contribution in [2.45, 2.75) is 38.9 Å². The Balaban J connectivity index is 1.22. The fraction of sp³-hybridized carbons (Fsp3) is 0.296. The van der Waals surface area contributed by atoms with E-state index in [-0.39, 0.29) is 13.2 Å². The highest BCUT2D eigenvalue weighted by Gasteiger charge is 2.04. The molecule has 3 rings (SSSR count). The average Bonchev–Trinajstić information content (AvgIpc) is 2.88. The van der Waals surface area contributed by atoms with Crippen molar-refractivity contribution in [3.63, 3.8) is 0 Å². The third-order valence-corrected chi connectivity index (χ3v) is 5.10. The minimum Gasteiger partial charge on any atom is -0.445 e. The Morgan fingerprint density at radius 3 is 1.68 bits per heavy atom. The smallest absolute Gasteiger partial charge is 0.407 e. The average molecular weight is 462 g/mol. The van der Waals surface area contributed by atoms with Gasteiger partial charge in [-0.1, -0.05) is 66.7 Å². The van der Waals surface area contributed by atoms with Crippen molar-refractivity contribution in [2.24, 2.45) is 0 Å². The highest BCUT2D eigenvalue weighted by Crippen LogP contribution is 2.06. The van der Waals surface area contributed by atoms with E-state index in [1.54, 1.807) is 0 Å². The molecule has 2 amide bonds. The molecule has 2 aromatic carbocycles. The molecule has 0 spiro atoms. The number of benzene rings is 2. The van der Waals surface area contributed by atoms with Crippen LogP contribution in [0.15, 0.2) is 79.0 Å². The van der Waals surface area contributed by atoms with Gasteiger partial charge < -0.3 is 20.1 Å². The molecule has 3 aromatic rings. The number of aryl methyl sites for hydroxylation is 2. The van der Waals surface area contributed by atoms with E-state index < -0.39 is 12.2 Å². The van der Waals surface area contributed by atoms with Gasteiger partial charge in [-0.3, -0.25) is 4.98 Å². The number of alkyl carbamates (subject to hydrolysis) is 2. The topological polar surface area (TPSA) is 89.6 Å². The molecule has 1 heterocycles. The third kappa shape index (κ3) is 9.73. The quantitative estimate of drug-likeness (QED) is 0.378. The van der Waals surface area contributed by atoms with Gasteiger partial charge >= 0.3 is 12.2 Å². The van der Waals surface area contributed by atoms with Crippen LogP contribution >= 0.6 is 0 Å². The van der Waals surface area contributed by atoms with Gasteiger partial charge in [-0.25, -0.2) is 9.59 Å². The molecule has 1 aromatic heterocycles. The van der Waals surface area contributed by atoms with Crippen LogP contribution in [0.2, 0.25) is 0 Å². The van der Waals surface area contributed by atoms with Gasteiger partial charge in [0.15, 0.2) is 0 Å². The molecule has 34 heavy (non-hydrogen) atoms. The van der Waals surface area contributed by atoms with E-state index in [1.165, 1.54) is 0 Å². The molecule has 0 aliphatic carbocycles. The van der Waals surface area contributed by atoms with E-state index in [0.29, 0.717) is 13.1 Å². The van der Waals surface area contributed by atoms with Crippen molar-refractivity contribution < 1.29 is 19.1 Å². The van der Waals surface area contributed by atoms with Crippen LogP contribution in [-0.4, -0.2) is 30.3 Å². The molecule has 7 heteroatoms. The number of aromatic nitrogens is 1. The molecule has 7 nitrogen and oxygen atoms in total.